The number of rotatable bonds is 7. The molecule has 0 saturated heterocycles. The molecular formula is C28H37N3O3. The molecule has 0 aliphatic heterocycles. The number of H-pyrrole nitrogens is 1. The Kier molecular flexibility index (Phi) is 7.10. The van der Waals surface area contributed by atoms with Gasteiger partial charge in [0.1, 0.15) is 0 Å². The number of primary amides is 1. The Morgan fingerprint density at radius 1 is 0.971 bits per heavy atom. The average molecular weight is 464 g/mol. The van der Waals surface area contributed by atoms with Gasteiger partial charge >= 0.3 is 6.09 Å². The number of nitrogens with two attached hydrogens (primary N) is 1. The summed E-state index contributed by atoms with van der Waals surface area (Å²) in [5, 5.41) is 4.15. The van der Waals surface area contributed by atoms with Crippen molar-refractivity contribution in [1.82, 2.24) is 4.98 Å². The normalized spacial score (nSPS) is 13.8. The van der Waals surface area contributed by atoms with Crippen molar-refractivity contribution < 1.29 is 14.3 Å². The van der Waals surface area contributed by atoms with E-state index in [9.17, 15) is 9.59 Å². The Bertz CT molecular complexity index is 1160. The maximum absolute atomic E-state index is 14.2. The summed E-state index contributed by atoms with van der Waals surface area (Å²) in [4.78, 5) is 29.6. The summed E-state index contributed by atoms with van der Waals surface area (Å²) in [6.07, 6.45) is 1.06. The van der Waals surface area contributed by atoms with E-state index >= 15 is 0 Å². The number of ether oxygens (including phenoxy) is 1. The van der Waals surface area contributed by atoms with Crippen LogP contribution in [0.4, 0.5) is 10.5 Å². The monoisotopic (exact) mass is 463 g/mol. The van der Waals surface area contributed by atoms with Crippen molar-refractivity contribution in [1.29, 1.82) is 0 Å². The molecule has 0 aliphatic rings. The van der Waals surface area contributed by atoms with E-state index < -0.39 is 17.1 Å². The van der Waals surface area contributed by atoms with Gasteiger partial charge in [-0.1, -0.05) is 84.9 Å². The Balaban J connectivity index is 2.16. The van der Waals surface area contributed by atoms with Gasteiger partial charge in [0.25, 0.3) is 5.91 Å². The maximum Gasteiger partial charge on any atom is 0.405 e. The van der Waals surface area contributed by atoms with Crippen molar-refractivity contribution in [2.24, 2.45) is 11.1 Å². The first-order chi connectivity index (χ1) is 15.9. The highest BCUT2D eigenvalue weighted by Crippen LogP contribution is 2.41. The molecule has 3 aromatic rings. The second-order valence-corrected chi connectivity index (χ2v) is 10.6. The highest BCUT2D eigenvalue weighted by atomic mass is 16.6. The van der Waals surface area contributed by atoms with Gasteiger partial charge in [0.2, 0.25) is 5.60 Å². The third-order valence-corrected chi connectivity index (χ3v) is 6.58. The third-order valence-electron chi connectivity index (χ3n) is 6.58. The fourth-order valence-electron chi connectivity index (χ4n) is 4.55. The van der Waals surface area contributed by atoms with Gasteiger partial charge in [0.15, 0.2) is 0 Å². The van der Waals surface area contributed by atoms with E-state index in [1.807, 2.05) is 69.4 Å². The summed E-state index contributed by atoms with van der Waals surface area (Å²) in [5.41, 5.74) is 7.94. The summed E-state index contributed by atoms with van der Waals surface area (Å²) in [6, 6.07) is 13.9. The number of hydrogen-bond donors (Lipinski definition) is 3. The van der Waals surface area contributed by atoms with E-state index in [4.69, 9.17) is 10.5 Å². The molecule has 0 spiro atoms. The third kappa shape index (κ3) is 4.81. The summed E-state index contributed by atoms with van der Waals surface area (Å²) >= 11 is 0. The van der Waals surface area contributed by atoms with Gasteiger partial charge in [0, 0.05) is 34.6 Å². The summed E-state index contributed by atoms with van der Waals surface area (Å²) in [7, 11) is 0. The summed E-state index contributed by atoms with van der Waals surface area (Å²) in [5.74, 6) is 0.00602. The molecule has 4 N–H and O–H groups in total. The zero-order valence-corrected chi connectivity index (χ0v) is 21.3. The fourth-order valence-corrected chi connectivity index (χ4v) is 4.55. The van der Waals surface area contributed by atoms with Crippen LogP contribution in [0.5, 0.6) is 0 Å². The molecule has 3 rings (SSSR count). The van der Waals surface area contributed by atoms with E-state index in [1.165, 1.54) is 0 Å². The van der Waals surface area contributed by atoms with Crippen LogP contribution < -0.4 is 11.1 Å². The van der Waals surface area contributed by atoms with E-state index in [2.05, 4.69) is 38.0 Å². The quantitative estimate of drug-likeness (QED) is 0.374. The van der Waals surface area contributed by atoms with Gasteiger partial charge in [-0.15, -0.1) is 0 Å². The molecule has 1 heterocycles. The molecule has 0 fully saturated rings. The number of hydrogen-bond acceptors (Lipinski definition) is 3. The van der Waals surface area contributed by atoms with E-state index in [0.29, 0.717) is 0 Å². The van der Waals surface area contributed by atoms with Gasteiger partial charge in [-0.05, 0) is 34.6 Å². The summed E-state index contributed by atoms with van der Waals surface area (Å²) in [6.45, 7) is 14.1. The lowest BCUT2D eigenvalue weighted by Crippen LogP contribution is -2.58. The first kappa shape index (κ1) is 25.3. The molecule has 1 aromatic heterocycles. The zero-order valence-electron chi connectivity index (χ0n) is 21.3. The molecule has 0 saturated carbocycles. The number of fused-ring (bicyclic) bond motifs is 1. The second-order valence-electron chi connectivity index (χ2n) is 10.6. The molecular weight excluding hydrogens is 426 g/mol. The van der Waals surface area contributed by atoms with Crippen molar-refractivity contribution in [2.75, 3.05) is 5.32 Å². The Morgan fingerprint density at radius 3 is 2.09 bits per heavy atom. The van der Waals surface area contributed by atoms with Gasteiger partial charge in [0.05, 0.1) is 0 Å². The minimum absolute atomic E-state index is 0.177. The van der Waals surface area contributed by atoms with Crippen molar-refractivity contribution >= 4 is 28.6 Å². The highest BCUT2D eigenvalue weighted by molar-refractivity contribution is 6.01. The number of aromatic nitrogens is 1. The predicted molar refractivity (Wildman–Crippen MR) is 138 cm³/mol. The molecule has 2 aromatic carbocycles. The first-order valence-electron chi connectivity index (χ1n) is 11.8. The van der Waals surface area contributed by atoms with Gasteiger partial charge in [-0.25, -0.2) is 4.79 Å². The van der Waals surface area contributed by atoms with E-state index in [-0.39, 0.29) is 24.2 Å². The molecule has 182 valence electrons. The Hall–Kier alpha value is -3.28. The van der Waals surface area contributed by atoms with Crippen LogP contribution in [0.3, 0.4) is 0 Å². The molecule has 34 heavy (non-hydrogen) atoms. The Morgan fingerprint density at radius 2 is 1.56 bits per heavy atom. The van der Waals surface area contributed by atoms with Crippen LogP contribution in [0.25, 0.3) is 10.9 Å². The number of amides is 2. The molecule has 0 bridgehead atoms. The van der Waals surface area contributed by atoms with Gasteiger partial charge in [-0.2, -0.15) is 0 Å². The van der Waals surface area contributed by atoms with Crippen molar-refractivity contribution in [2.45, 2.75) is 72.3 Å². The molecule has 1 unspecified atom stereocenters. The van der Waals surface area contributed by atoms with Crippen LogP contribution in [0.1, 0.15) is 77.0 Å². The fraction of sp³-hybridized carbons (Fsp3) is 0.429. The molecule has 6 heteroatoms. The van der Waals surface area contributed by atoms with Crippen LogP contribution in [0.15, 0.2) is 48.7 Å². The lowest BCUT2D eigenvalue weighted by Gasteiger charge is -2.42. The number of nitrogens with one attached hydrogen (secondary N) is 2. The Labute approximate surface area is 202 Å². The topological polar surface area (TPSA) is 97.2 Å². The van der Waals surface area contributed by atoms with Crippen LogP contribution in [0.2, 0.25) is 0 Å². The lowest BCUT2D eigenvalue weighted by atomic mass is 9.71. The van der Waals surface area contributed by atoms with Gasteiger partial charge < -0.3 is 20.8 Å². The van der Waals surface area contributed by atoms with Crippen molar-refractivity contribution in [3.05, 3.63) is 65.4 Å². The number of carbonyl (C=O) groups is 2. The molecule has 2 amide bonds. The number of benzene rings is 2. The van der Waals surface area contributed by atoms with Crippen LogP contribution >= 0.6 is 0 Å². The second kappa shape index (κ2) is 9.53. The largest absolute Gasteiger partial charge is 0.432 e. The van der Waals surface area contributed by atoms with Crippen molar-refractivity contribution in [3.8, 4) is 0 Å². The van der Waals surface area contributed by atoms with Gasteiger partial charge in [-0.3, -0.25) is 4.79 Å². The van der Waals surface area contributed by atoms with Crippen LogP contribution in [-0.4, -0.2) is 22.6 Å². The van der Waals surface area contributed by atoms with Crippen LogP contribution in [-0.2, 0) is 16.0 Å². The maximum atomic E-state index is 14.2. The molecule has 1 atom stereocenters. The number of carbonyl (C=O) groups excluding carboxylic acids is 2. The molecule has 0 radical (unpaired) electrons. The predicted octanol–water partition coefficient (Wildman–Crippen LogP) is 6.48. The molecule has 0 aliphatic carbocycles. The standard InChI is InChI=1S/C28H37N3O3/c1-17(2)20-12-10-13-21(18(3)4)24(20)31-25(32)28(27(5,6)7,34-26(29)33)15-19-16-30-23-14-9-8-11-22(19)23/h8-14,16-18,30H,15H2,1-7H3,(H2,29,33)(H,31,32). The summed E-state index contributed by atoms with van der Waals surface area (Å²) < 4.78 is 5.77. The highest BCUT2D eigenvalue weighted by Gasteiger charge is 2.52. The van der Waals surface area contributed by atoms with Crippen molar-refractivity contribution in [3.63, 3.8) is 0 Å². The molecule has 6 nitrogen and oxygen atoms in total. The van der Waals surface area contributed by atoms with E-state index in [1.54, 1.807) is 0 Å². The number of para-hydroxylation sites is 2. The minimum Gasteiger partial charge on any atom is -0.432 e. The first-order valence-corrected chi connectivity index (χ1v) is 11.8. The number of anilines is 1. The number of aromatic amines is 1. The van der Waals surface area contributed by atoms with Crippen LogP contribution in [0, 0.1) is 5.41 Å². The zero-order chi connectivity index (χ0) is 25.3. The average Bonchev–Trinajstić information content (AvgIpc) is 3.14. The SMILES string of the molecule is CC(C)c1cccc(C(C)C)c1NC(=O)C(Cc1c[nH]c2ccccc12)(OC(N)=O)C(C)(C)C. The lowest BCUT2D eigenvalue weighted by molar-refractivity contribution is -0.146. The van der Waals surface area contributed by atoms with E-state index in [0.717, 1.165) is 33.3 Å². The smallest absolute Gasteiger partial charge is 0.405 e. The minimum atomic E-state index is -1.54.